The van der Waals surface area contributed by atoms with E-state index in [-0.39, 0.29) is 4.90 Å². The molecule has 20 heavy (non-hydrogen) atoms. The molecule has 0 aliphatic heterocycles. The number of anilines is 1. The summed E-state index contributed by atoms with van der Waals surface area (Å²) in [7, 11) is -1.98. The highest BCUT2D eigenvalue weighted by Crippen LogP contribution is 2.13. The summed E-state index contributed by atoms with van der Waals surface area (Å²) in [6.45, 7) is 0.578. The molecule has 0 fully saturated rings. The maximum atomic E-state index is 11.6. The van der Waals surface area contributed by atoms with Gasteiger partial charge < -0.3 is 5.32 Å². The molecule has 0 bridgehead atoms. The summed E-state index contributed by atoms with van der Waals surface area (Å²) in [6, 6.07) is 10.5. The molecule has 5 nitrogen and oxygen atoms in total. The van der Waals surface area contributed by atoms with Crippen molar-refractivity contribution in [2.75, 3.05) is 12.4 Å². The molecule has 0 spiro atoms. The molecule has 0 saturated carbocycles. The van der Waals surface area contributed by atoms with E-state index in [0.29, 0.717) is 6.54 Å². The molecule has 2 aromatic rings. The van der Waals surface area contributed by atoms with E-state index in [1.54, 1.807) is 30.5 Å². The Hall–Kier alpha value is -1.44. The molecule has 1 aromatic heterocycles. The lowest BCUT2D eigenvalue weighted by molar-refractivity contribution is 0.588. The summed E-state index contributed by atoms with van der Waals surface area (Å²) < 4.78 is 26.4. The minimum Gasteiger partial charge on any atom is -0.366 e. The van der Waals surface area contributed by atoms with Crippen molar-refractivity contribution in [3.63, 3.8) is 0 Å². The summed E-state index contributed by atoms with van der Waals surface area (Å²) in [6.07, 6.45) is 1.71. The number of hydrogen-bond acceptors (Lipinski definition) is 4. The number of pyridine rings is 1. The van der Waals surface area contributed by atoms with Crippen LogP contribution in [0, 0.1) is 0 Å². The van der Waals surface area contributed by atoms with Crippen molar-refractivity contribution in [1.82, 2.24) is 9.71 Å². The van der Waals surface area contributed by atoms with Crippen molar-refractivity contribution in [1.29, 1.82) is 0 Å². The first-order valence-electron chi connectivity index (χ1n) is 5.89. The molecule has 2 N–H and O–H groups in total. The number of halogens is 1. The van der Waals surface area contributed by atoms with E-state index >= 15 is 0 Å². The van der Waals surface area contributed by atoms with Crippen molar-refractivity contribution < 1.29 is 8.42 Å². The van der Waals surface area contributed by atoms with Gasteiger partial charge in [-0.05, 0) is 52.8 Å². The number of aromatic nitrogens is 1. The summed E-state index contributed by atoms with van der Waals surface area (Å²) in [4.78, 5) is 4.45. The van der Waals surface area contributed by atoms with E-state index in [4.69, 9.17) is 0 Å². The molecule has 0 unspecified atom stereocenters. The number of hydrogen-bond donors (Lipinski definition) is 2. The molecule has 1 aromatic carbocycles. The van der Waals surface area contributed by atoms with Gasteiger partial charge in [0.25, 0.3) is 0 Å². The fourth-order valence-corrected chi connectivity index (χ4v) is 2.54. The molecule has 0 radical (unpaired) electrons. The summed E-state index contributed by atoms with van der Waals surface area (Å²) in [5, 5.41) is 3.16. The van der Waals surface area contributed by atoms with Gasteiger partial charge in [-0.15, -0.1) is 0 Å². The number of sulfonamides is 1. The number of benzene rings is 1. The highest BCUT2D eigenvalue weighted by Gasteiger charge is 2.10. The monoisotopic (exact) mass is 355 g/mol. The van der Waals surface area contributed by atoms with Crippen molar-refractivity contribution in [2.24, 2.45) is 0 Å². The standard InChI is InChI=1S/C13H14BrN3O2S/c1-15-20(18,19)12-5-2-10(3-6-12)8-16-13-7-4-11(14)9-17-13/h2-7,9,15H,8H2,1H3,(H,16,17). The predicted molar refractivity (Wildman–Crippen MR) is 82.0 cm³/mol. The van der Waals surface area contributed by atoms with Crippen LogP contribution in [0.3, 0.4) is 0 Å². The topological polar surface area (TPSA) is 71.1 Å². The van der Waals surface area contributed by atoms with Crippen LogP contribution in [0.5, 0.6) is 0 Å². The third kappa shape index (κ3) is 3.78. The number of rotatable bonds is 5. The first-order valence-corrected chi connectivity index (χ1v) is 8.17. The Morgan fingerprint density at radius 1 is 1.15 bits per heavy atom. The lowest BCUT2D eigenvalue weighted by Gasteiger charge is -2.07. The van der Waals surface area contributed by atoms with E-state index in [9.17, 15) is 8.42 Å². The van der Waals surface area contributed by atoms with Crippen LogP contribution in [0.15, 0.2) is 52.0 Å². The van der Waals surface area contributed by atoms with Crippen molar-refractivity contribution in [2.45, 2.75) is 11.4 Å². The molecule has 0 atom stereocenters. The van der Waals surface area contributed by atoms with Gasteiger partial charge in [0.1, 0.15) is 5.82 Å². The van der Waals surface area contributed by atoms with Crippen LogP contribution < -0.4 is 10.0 Å². The lowest BCUT2D eigenvalue weighted by Crippen LogP contribution is -2.18. The second-order valence-corrected chi connectivity index (χ2v) is 6.87. The fraction of sp³-hybridized carbons (Fsp3) is 0.154. The minimum absolute atomic E-state index is 0.255. The van der Waals surface area contributed by atoms with Gasteiger partial charge in [0.2, 0.25) is 10.0 Å². The molecule has 0 aliphatic rings. The van der Waals surface area contributed by atoms with E-state index in [2.05, 4.69) is 31.0 Å². The third-order valence-corrected chi connectivity index (χ3v) is 4.60. The van der Waals surface area contributed by atoms with Crippen LogP contribution in [0.1, 0.15) is 5.56 Å². The largest absolute Gasteiger partial charge is 0.366 e. The maximum absolute atomic E-state index is 11.6. The van der Waals surface area contributed by atoms with Crippen molar-refractivity contribution in [3.05, 3.63) is 52.6 Å². The Morgan fingerprint density at radius 2 is 1.85 bits per heavy atom. The van der Waals surface area contributed by atoms with Gasteiger partial charge in [-0.1, -0.05) is 12.1 Å². The predicted octanol–water partition coefficient (Wildman–Crippen LogP) is 2.36. The molecular weight excluding hydrogens is 342 g/mol. The Kier molecular flexibility index (Phi) is 4.74. The van der Waals surface area contributed by atoms with Crippen LogP contribution >= 0.6 is 15.9 Å². The first kappa shape index (κ1) is 15.0. The maximum Gasteiger partial charge on any atom is 0.240 e. The zero-order valence-electron chi connectivity index (χ0n) is 10.8. The zero-order valence-corrected chi connectivity index (χ0v) is 13.2. The van der Waals surface area contributed by atoms with E-state index in [1.165, 1.54) is 7.05 Å². The second-order valence-electron chi connectivity index (χ2n) is 4.07. The summed E-state index contributed by atoms with van der Waals surface area (Å²) in [5.41, 5.74) is 0.977. The Morgan fingerprint density at radius 3 is 2.40 bits per heavy atom. The van der Waals surface area contributed by atoms with Gasteiger partial charge in [-0.25, -0.2) is 18.1 Å². The van der Waals surface area contributed by atoms with Gasteiger partial charge in [0.05, 0.1) is 4.90 Å². The molecule has 1 heterocycles. The fourth-order valence-electron chi connectivity index (χ4n) is 1.58. The van der Waals surface area contributed by atoms with Crippen LogP contribution in [0.25, 0.3) is 0 Å². The zero-order chi connectivity index (χ0) is 14.6. The van der Waals surface area contributed by atoms with Crippen LogP contribution in [0.4, 0.5) is 5.82 Å². The first-order chi connectivity index (χ1) is 9.51. The van der Waals surface area contributed by atoms with E-state index < -0.39 is 10.0 Å². The van der Waals surface area contributed by atoms with Crippen LogP contribution in [-0.4, -0.2) is 20.4 Å². The Balaban J connectivity index is 2.03. The Labute approximate surface area is 126 Å². The van der Waals surface area contributed by atoms with E-state index in [1.807, 2.05) is 12.1 Å². The van der Waals surface area contributed by atoms with E-state index in [0.717, 1.165) is 15.9 Å². The van der Waals surface area contributed by atoms with Gasteiger partial charge in [-0.2, -0.15) is 0 Å². The molecule has 0 aliphatic carbocycles. The van der Waals surface area contributed by atoms with Gasteiger partial charge in [0.15, 0.2) is 0 Å². The second kappa shape index (κ2) is 6.34. The summed E-state index contributed by atoms with van der Waals surface area (Å²) >= 11 is 3.32. The molecule has 106 valence electrons. The number of nitrogens with one attached hydrogen (secondary N) is 2. The van der Waals surface area contributed by atoms with Gasteiger partial charge in [-0.3, -0.25) is 0 Å². The van der Waals surface area contributed by atoms with Crippen molar-refractivity contribution in [3.8, 4) is 0 Å². The highest BCUT2D eigenvalue weighted by atomic mass is 79.9. The highest BCUT2D eigenvalue weighted by molar-refractivity contribution is 9.10. The number of nitrogens with zero attached hydrogens (tertiary/aromatic N) is 1. The lowest BCUT2D eigenvalue weighted by atomic mass is 10.2. The SMILES string of the molecule is CNS(=O)(=O)c1ccc(CNc2ccc(Br)cn2)cc1. The van der Waals surface area contributed by atoms with Crippen molar-refractivity contribution >= 4 is 31.8 Å². The Bertz CT molecular complexity index is 670. The van der Waals surface area contributed by atoms with Gasteiger partial charge in [0, 0.05) is 17.2 Å². The van der Waals surface area contributed by atoms with Crippen LogP contribution in [-0.2, 0) is 16.6 Å². The average molecular weight is 356 g/mol. The molecule has 2 rings (SSSR count). The third-order valence-electron chi connectivity index (χ3n) is 2.70. The summed E-state index contributed by atoms with van der Waals surface area (Å²) in [5.74, 6) is 0.764. The van der Waals surface area contributed by atoms with Gasteiger partial charge >= 0.3 is 0 Å². The molecular formula is C13H14BrN3O2S. The molecule has 0 saturated heterocycles. The normalized spacial score (nSPS) is 11.3. The molecule has 7 heteroatoms. The smallest absolute Gasteiger partial charge is 0.240 e. The minimum atomic E-state index is -3.37. The van der Waals surface area contributed by atoms with Crippen LogP contribution in [0.2, 0.25) is 0 Å². The average Bonchev–Trinajstić information content (AvgIpc) is 2.47. The quantitative estimate of drug-likeness (QED) is 0.863. The molecule has 0 amide bonds.